The van der Waals surface area contributed by atoms with E-state index in [9.17, 15) is 18.0 Å². The molecule has 3 aromatic heterocycles. The summed E-state index contributed by atoms with van der Waals surface area (Å²) in [6.45, 7) is 1.80. The number of amides is 1. The van der Waals surface area contributed by atoms with Gasteiger partial charge in [-0.1, -0.05) is 0 Å². The zero-order valence-electron chi connectivity index (χ0n) is 12.6. The van der Waals surface area contributed by atoms with Crippen molar-refractivity contribution < 1.29 is 18.0 Å². The van der Waals surface area contributed by atoms with Crippen molar-refractivity contribution in [1.82, 2.24) is 29.5 Å². The number of nitrogens with one attached hydrogen (secondary N) is 1. The number of hydrogen-bond acceptors (Lipinski definition) is 4. The van der Waals surface area contributed by atoms with Gasteiger partial charge in [0.1, 0.15) is 17.9 Å². The molecule has 0 unspecified atom stereocenters. The van der Waals surface area contributed by atoms with Crippen LogP contribution in [0.3, 0.4) is 0 Å². The molecule has 0 saturated carbocycles. The molecule has 0 aliphatic carbocycles. The molecule has 24 heavy (non-hydrogen) atoms. The molecule has 1 N–H and O–H groups in total. The second kappa shape index (κ2) is 5.95. The fraction of sp³-hybridized carbons (Fsp3) is 0.286. The van der Waals surface area contributed by atoms with Gasteiger partial charge in [-0.3, -0.25) is 9.20 Å². The van der Waals surface area contributed by atoms with Crippen LogP contribution in [0.15, 0.2) is 30.7 Å². The Morgan fingerprint density at radius 1 is 1.29 bits per heavy atom. The van der Waals surface area contributed by atoms with Crippen LogP contribution in [0.4, 0.5) is 13.2 Å². The molecule has 0 aliphatic rings. The molecule has 0 bridgehead atoms. The van der Waals surface area contributed by atoms with Gasteiger partial charge in [-0.15, -0.1) is 10.2 Å². The first-order valence-corrected chi connectivity index (χ1v) is 7.00. The largest absolute Gasteiger partial charge is 0.420 e. The fourth-order valence-electron chi connectivity index (χ4n) is 2.26. The average molecular weight is 338 g/mol. The second-order valence-corrected chi connectivity index (χ2v) is 5.11. The molecule has 0 aromatic carbocycles. The number of rotatable bonds is 4. The number of carbonyl (C=O) groups excluding carboxylic acids is 1. The average Bonchev–Trinajstić information content (AvgIpc) is 3.10. The Bertz CT molecular complexity index is 882. The van der Waals surface area contributed by atoms with E-state index in [0.29, 0.717) is 5.82 Å². The minimum atomic E-state index is -4.52. The van der Waals surface area contributed by atoms with Crippen LogP contribution in [0.2, 0.25) is 0 Å². The molecule has 10 heteroatoms. The van der Waals surface area contributed by atoms with Gasteiger partial charge in [0.25, 0.3) is 0 Å². The number of pyridine rings is 1. The summed E-state index contributed by atoms with van der Waals surface area (Å²) < 4.78 is 41.7. The molecule has 0 aliphatic heterocycles. The standard InChI is InChI=1S/C14H13F3N6O/c1-9-18-4-6-22(9)8-12(24)19-7-11-20-21-13-10(14(15,16)17)3-2-5-23(11)13/h2-6H,7-8H2,1H3,(H,19,24). The van der Waals surface area contributed by atoms with E-state index in [2.05, 4.69) is 20.5 Å². The summed E-state index contributed by atoms with van der Waals surface area (Å²) in [6.07, 6.45) is 0.144. The molecule has 0 saturated heterocycles. The van der Waals surface area contributed by atoms with Crippen molar-refractivity contribution in [3.8, 4) is 0 Å². The number of nitrogens with zero attached hydrogens (tertiary/aromatic N) is 5. The van der Waals surface area contributed by atoms with Gasteiger partial charge >= 0.3 is 6.18 Å². The zero-order valence-corrected chi connectivity index (χ0v) is 12.6. The Morgan fingerprint density at radius 3 is 2.75 bits per heavy atom. The summed E-state index contributed by atoms with van der Waals surface area (Å²) in [7, 11) is 0. The predicted molar refractivity (Wildman–Crippen MR) is 76.8 cm³/mol. The van der Waals surface area contributed by atoms with Crippen LogP contribution in [0, 0.1) is 6.92 Å². The van der Waals surface area contributed by atoms with E-state index < -0.39 is 11.7 Å². The highest BCUT2D eigenvalue weighted by Crippen LogP contribution is 2.31. The molecule has 0 spiro atoms. The first-order valence-electron chi connectivity index (χ1n) is 7.00. The minimum absolute atomic E-state index is 0.0327. The molecule has 7 nitrogen and oxygen atoms in total. The lowest BCUT2D eigenvalue weighted by Gasteiger charge is -2.08. The smallest absolute Gasteiger partial charge is 0.347 e. The number of carbonyl (C=O) groups is 1. The third-order valence-electron chi connectivity index (χ3n) is 3.49. The monoisotopic (exact) mass is 338 g/mol. The number of aryl methyl sites for hydroxylation is 1. The number of hydrogen-bond donors (Lipinski definition) is 1. The highest BCUT2D eigenvalue weighted by atomic mass is 19.4. The van der Waals surface area contributed by atoms with Gasteiger partial charge < -0.3 is 9.88 Å². The molecule has 3 rings (SSSR count). The quantitative estimate of drug-likeness (QED) is 0.783. The maximum atomic E-state index is 12.9. The van der Waals surface area contributed by atoms with Gasteiger partial charge in [0.05, 0.1) is 6.54 Å². The van der Waals surface area contributed by atoms with Crippen LogP contribution in [0.5, 0.6) is 0 Å². The summed E-state index contributed by atoms with van der Waals surface area (Å²) in [5.74, 6) is 0.597. The van der Waals surface area contributed by atoms with E-state index in [1.54, 1.807) is 23.9 Å². The van der Waals surface area contributed by atoms with E-state index >= 15 is 0 Å². The first-order chi connectivity index (χ1) is 11.4. The van der Waals surface area contributed by atoms with E-state index in [1.165, 1.54) is 16.7 Å². The molecule has 0 radical (unpaired) electrons. The minimum Gasteiger partial charge on any atom is -0.347 e. The summed E-state index contributed by atoms with van der Waals surface area (Å²) >= 11 is 0. The van der Waals surface area contributed by atoms with Gasteiger partial charge in [0.2, 0.25) is 5.91 Å². The highest BCUT2D eigenvalue weighted by Gasteiger charge is 2.34. The highest BCUT2D eigenvalue weighted by molar-refractivity contribution is 5.75. The first kappa shape index (κ1) is 16.0. The summed E-state index contributed by atoms with van der Waals surface area (Å²) in [5, 5.41) is 9.92. The van der Waals surface area contributed by atoms with Crippen LogP contribution in [0.1, 0.15) is 17.2 Å². The lowest BCUT2D eigenvalue weighted by atomic mass is 10.2. The van der Waals surface area contributed by atoms with Crippen LogP contribution in [-0.4, -0.2) is 30.1 Å². The molecule has 3 aromatic rings. The topological polar surface area (TPSA) is 77.1 Å². The Hall–Kier alpha value is -2.91. The number of imidazole rings is 1. The molecule has 0 atom stereocenters. The summed E-state index contributed by atoms with van der Waals surface area (Å²) in [4.78, 5) is 15.9. The van der Waals surface area contributed by atoms with E-state index in [-0.39, 0.29) is 30.5 Å². The molecule has 1 amide bonds. The van der Waals surface area contributed by atoms with Crippen LogP contribution in [0.25, 0.3) is 5.65 Å². The SMILES string of the molecule is Cc1nccn1CC(=O)NCc1nnc2c(C(F)(F)F)cccn12. The van der Waals surface area contributed by atoms with Gasteiger partial charge in [0.15, 0.2) is 11.5 Å². The van der Waals surface area contributed by atoms with E-state index in [4.69, 9.17) is 0 Å². The Morgan fingerprint density at radius 2 is 2.08 bits per heavy atom. The van der Waals surface area contributed by atoms with Crippen LogP contribution >= 0.6 is 0 Å². The molecule has 0 fully saturated rings. The molecule has 3 heterocycles. The Labute approximate surface area is 134 Å². The van der Waals surface area contributed by atoms with Crippen molar-refractivity contribution in [3.05, 3.63) is 47.9 Å². The second-order valence-electron chi connectivity index (χ2n) is 5.11. The van der Waals surface area contributed by atoms with Crippen LogP contribution < -0.4 is 5.32 Å². The molecular weight excluding hydrogens is 325 g/mol. The van der Waals surface area contributed by atoms with Crippen LogP contribution in [-0.2, 0) is 24.1 Å². The van der Waals surface area contributed by atoms with Crippen molar-refractivity contribution in [3.63, 3.8) is 0 Å². The third-order valence-corrected chi connectivity index (χ3v) is 3.49. The number of halogens is 3. The van der Waals surface area contributed by atoms with Crippen molar-refractivity contribution >= 4 is 11.6 Å². The molecule has 126 valence electrons. The maximum absolute atomic E-state index is 12.9. The van der Waals surface area contributed by atoms with E-state index in [0.717, 1.165) is 6.07 Å². The van der Waals surface area contributed by atoms with Gasteiger partial charge in [0, 0.05) is 18.6 Å². The van der Waals surface area contributed by atoms with Crippen molar-refractivity contribution in [2.24, 2.45) is 0 Å². The predicted octanol–water partition coefficient (Wildman–Crippen LogP) is 1.57. The van der Waals surface area contributed by atoms with Crippen molar-refractivity contribution in [2.75, 3.05) is 0 Å². The van der Waals surface area contributed by atoms with Gasteiger partial charge in [-0.25, -0.2) is 4.98 Å². The lowest BCUT2D eigenvalue weighted by molar-refractivity contribution is -0.136. The number of fused-ring (bicyclic) bond motifs is 1. The fourth-order valence-corrected chi connectivity index (χ4v) is 2.26. The number of aromatic nitrogens is 5. The summed E-state index contributed by atoms with van der Waals surface area (Å²) in [5.41, 5.74) is -1.16. The normalized spacial score (nSPS) is 11.8. The Balaban J connectivity index is 1.74. The Kier molecular flexibility index (Phi) is 3.96. The van der Waals surface area contributed by atoms with Crippen molar-refractivity contribution in [1.29, 1.82) is 0 Å². The van der Waals surface area contributed by atoms with Crippen molar-refractivity contribution in [2.45, 2.75) is 26.2 Å². The number of alkyl halides is 3. The van der Waals surface area contributed by atoms with E-state index in [1.807, 2.05) is 0 Å². The zero-order chi connectivity index (χ0) is 17.3. The maximum Gasteiger partial charge on any atom is 0.420 e. The third kappa shape index (κ3) is 3.07. The lowest BCUT2D eigenvalue weighted by Crippen LogP contribution is -2.28. The van der Waals surface area contributed by atoms with Gasteiger partial charge in [-0.05, 0) is 19.1 Å². The van der Waals surface area contributed by atoms with Gasteiger partial charge in [-0.2, -0.15) is 13.2 Å². The molecular formula is C14H13F3N6O. The summed E-state index contributed by atoms with van der Waals surface area (Å²) in [6, 6.07) is 2.20.